The fraction of sp³-hybridized carbons (Fsp3) is 0.615. The second-order valence-electron chi connectivity index (χ2n) is 5.91. The number of carboxylic acids is 1. The number of fused-ring (bicyclic) bond motifs is 1. The molecule has 0 radical (unpaired) electrons. The van der Waals surface area contributed by atoms with Crippen molar-refractivity contribution in [1.82, 2.24) is 25.7 Å². The second kappa shape index (κ2) is 7.58. The molecule has 10 nitrogen and oxygen atoms in total. The van der Waals surface area contributed by atoms with Crippen LogP contribution in [0.5, 0.6) is 0 Å². The summed E-state index contributed by atoms with van der Waals surface area (Å²) in [5, 5.41) is 31.5. The molecule has 1 aromatic rings. The van der Waals surface area contributed by atoms with E-state index in [-0.39, 0.29) is 23.6 Å². The predicted molar refractivity (Wildman–Crippen MR) is 95.9 cm³/mol. The summed E-state index contributed by atoms with van der Waals surface area (Å²) >= 11 is 4.06. The number of carbonyl (C=O) groups excluding carboxylic acids is 2. The fourth-order valence-electron chi connectivity index (χ4n) is 2.71. The molecule has 4 N–H and O–H groups in total. The molecule has 142 valence electrons. The molecule has 2 aliphatic rings. The van der Waals surface area contributed by atoms with Crippen molar-refractivity contribution in [3.05, 3.63) is 5.01 Å². The van der Waals surface area contributed by atoms with Gasteiger partial charge in [0.05, 0.1) is 0 Å². The summed E-state index contributed by atoms with van der Waals surface area (Å²) in [5.41, 5.74) is -1.08. The van der Waals surface area contributed by atoms with Gasteiger partial charge in [0.15, 0.2) is 4.34 Å². The number of aromatic nitrogens is 2. The van der Waals surface area contributed by atoms with Crippen molar-refractivity contribution in [3.8, 4) is 0 Å². The van der Waals surface area contributed by atoms with Crippen molar-refractivity contribution in [3.63, 3.8) is 0 Å². The van der Waals surface area contributed by atoms with Crippen LogP contribution in [-0.4, -0.2) is 79.4 Å². The molecule has 0 bridgehead atoms. The average Bonchev–Trinajstić information content (AvgIpc) is 3.03. The lowest BCUT2D eigenvalue weighted by atomic mass is 9.89. The number of nitrogens with zero attached hydrogens (tertiary/aromatic N) is 3. The highest BCUT2D eigenvalue weighted by Crippen LogP contribution is 2.44. The van der Waals surface area contributed by atoms with Crippen LogP contribution >= 0.6 is 34.9 Å². The van der Waals surface area contributed by atoms with Gasteiger partial charge in [-0.3, -0.25) is 9.59 Å². The van der Waals surface area contributed by atoms with Crippen molar-refractivity contribution in [1.29, 1.82) is 0 Å². The van der Waals surface area contributed by atoms with Crippen LogP contribution in [0.15, 0.2) is 4.34 Å². The van der Waals surface area contributed by atoms with Crippen molar-refractivity contribution < 1.29 is 24.6 Å². The first-order valence-electron chi connectivity index (χ1n) is 7.60. The third-order valence-corrected chi connectivity index (χ3v) is 7.95. The number of rotatable bonds is 6. The molecule has 2 saturated heterocycles. The summed E-state index contributed by atoms with van der Waals surface area (Å²) < 4.78 is 0.699. The maximum atomic E-state index is 12.3. The van der Waals surface area contributed by atoms with Crippen LogP contribution in [0, 0.1) is 12.3 Å². The van der Waals surface area contributed by atoms with Gasteiger partial charge in [0, 0.05) is 18.1 Å². The zero-order valence-corrected chi connectivity index (χ0v) is 16.1. The van der Waals surface area contributed by atoms with Gasteiger partial charge in [0.25, 0.3) is 0 Å². The van der Waals surface area contributed by atoms with Crippen LogP contribution < -0.4 is 10.6 Å². The number of urea groups is 1. The number of β-lactam (4-membered cyclic amide) rings is 1. The van der Waals surface area contributed by atoms with Gasteiger partial charge in [-0.05, 0) is 6.92 Å². The Balaban J connectivity index is 1.64. The van der Waals surface area contributed by atoms with E-state index in [0.717, 1.165) is 5.01 Å². The lowest BCUT2D eigenvalue weighted by Gasteiger charge is -2.53. The number of hydrogen-bond acceptors (Lipinski definition) is 9. The molecule has 0 aliphatic carbocycles. The number of aryl methyl sites for hydroxylation is 1. The normalized spacial score (nSPS) is 27.5. The van der Waals surface area contributed by atoms with E-state index < -0.39 is 30.2 Å². The molecule has 3 heterocycles. The lowest BCUT2D eigenvalue weighted by molar-refractivity contribution is -0.156. The van der Waals surface area contributed by atoms with E-state index in [9.17, 15) is 19.5 Å². The van der Waals surface area contributed by atoms with Gasteiger partial charge < -0.3 is 25.7 Å². The Labute approximate surface area is 161 Å². The van der Waals surface area contributed by atoms with Gasteiger partial charge in [-0.15, -0.1) is 22.0 Å². The van der Waals surface area contributed by atoms with E-state index in [2.05, 4.69) is 20.8 Å². The third kappa shape index (κ3) is 3.61. The molecular weight excluding hydrogens is 402 g/mol. The number of aliphatic hydroxyl groups is 1. The smallest absolute Gasteiger partial charge is 0.317 e. The summed E-state index contributed by atoms with van der Waals surface area (Å²) in [6, 6.07) is -1.35. The number of amides is 3. The SMILES string of the molecule is Cc1nnc(SCC2(C(=O)O)CS[C@@H]3C(NC(=O)NCO)C(=O)N3C2)s1. The number of hydrogen-bond donors (Lipinski definition) is 4. The third-order valence-electron chi connectivity index (χ3n) is 4.10. The zero-order chi connectivity index (χ0) is 18.9. The van der Waals surface area contributed by atoms with E-state index in [0.29, 0.717) is 10.1 Å². The molecule has 2 aliphatic heterocycles. The summed E-state index contributed by atoms with van der Waals surface area (Å²) in [6.07, 6.45) is 0. The lowest BCUT2D eigenvalue weighted by Crippen LogP contribution is -2.74. The Morgan fingerprint density at radius 1 is 1.46 bits per heavy atom. The summed E-state index contributed by atoms with van der Waals surface area (Å²) in [7, 11) is 0. The van der Waals surface area contributed by atoms with E-state index in [1.165, 1.54) is 39.8 Å². The van der Waals surface area contributed by atoms with Gasteiger partial charge in [-0.25, -0.2) is 4.79 Å². The Morgan fingerprint density at radius 2 is 2.23 bits per heavy atom. The quantitative estimate of drug-likeness (QED) is 0.273. The first-order valence-corrected chi connectivity index (χ1v) is 10.4. The van der Waals surface area contributed by atoms with Crippen LogP contribution in [0.25, 0.3) is 0 Å². The molecular formula is C13H17N5O5S3. The maximum absolute atomic E-state index is 12.3. The molecule has 0 aromatic carbocycles. The van der Waals surface area contributed by atoms with Gasteiger partial charge in [-0.1, -0.05) is 23.1 Å². The molecule has 2 fully saturated rings. The van der Waals surface area contributed by atoms with Crippen molar-refractivity contribution in [2.24, 2.45) is 5.41 Å². The highest BCUT2D eigenvalue weighted by atomic mass is 32.2. The first kappa shape index (κ1) is 19.2. The van der Waals surface area contributed by atoms with Crippen LogP contribution in [0.3, 0.4) is 0 Å². The van der Waals surface area contributed by atoms with Crippen LogP contribution in [0.2, 0.25) is 0 Å². The highest BCUT2D eigenvalue weighted by molar-refractivity contribution is 8.01. The van der Waals surface area contributed by atoms with Gasteiger partial charge >= 0.3 is 12.0 Å². The zero-order valence-electron chi connectivity index (χ0n) is 13.7. The second-order valence-corrected chi connectivity index (χ2v) is 9.42. The molecule has 26 heavy (non-hydrogen) atoms. The topological polar surface area (TPSA) is 145 Å². The number of carboxylic acid groups (broad SMARTS) is 1. The minimum atomic E-state index is -1.08. The Hall–Kier alpha value is -1.57. The summed E-state index contributed by atoms with van der Waals surface area (Å²) in [5.74, 6) is -0.678. The summed E-state index contributed by atoms with van der Waals surface area (Å²) in [6.45, 7) is 1.39. The largest absolute Gasteiger partial charge is 0.481 e. The molecule has 13 heteroatoms. The molecule has 3 rings (SSSR count). The number of aliphatic carboxylic acids is 1. The van der Waals surface area contributed by atoms with Crippen LogP contribution in [-0.2, 0) is 9.59 Å². The predicted octanol–water partition coefficient (Wildman–Crippen LogP) is -0.458. The van der Waals surface area contributed by atoms with Gasteiger partial charge in [0.1, 0.15) is 28.6 Å². The van der Waals surface area contributed by atoms with Crippen molar-refractivity contribution in [2.45, 2.75) is 22.7 Å². The average molecular weight is 420 g/mol. The Morgan fingerprint density at radius 3 is 2.85 bits per heavy atom. The standard InChI is InChI=1S/C13H17N5O5S3/c1-6-16-17-12(26-6)25-4-13(10(21)22)2-18-8(20)7(9(18)24-3-13)15-11(23)14-5-19/h7,9,19H,2-5H2,1H3,(H,21,22)(H2,14,15,23)/t7?,9-,13?/m1/s1. The minimum absolute atomic E-state index is 0.0867. The molecule has 3 atom stereocenters. The monoisotopic (exact) mass is 419 g/mol. The van der Waals surface area contributed by atoms with Crippen LogP contribution in [0.4, 0.5) is 4.79 Å². The van der Waals surface area contributed by atoms with Crippen molar-refractivity contribution in [2.75, 3.05) is 24.8 Å². The molecule has 2 unspecified atom stereocenters. The maximum Gasteiger partial charge on any atom is 0.317 e. The fourth-order valence-corrected chi connectivity index (χ4v) is 6.38. The highest BCUT2D eigenvalue weighted by Gasteiger charge is 2.57. The van der Waals surface area contributed by atoms with E-state index in [1.807, 2.05) is 6.92 Å². The minimum Gasteiger partial charge on any atom is -0.481 e. The van der Waals surface area contributed by atoms with E-state index in [1.54, 1.807) is 0 Å². The van der Waals surface area contributed by atoms with Crippen molar-refractivity contribution >= 4 is 52.8 Å². The van der Waals surface area contributed by atoms with E-state index in [4.69, 9.17) is 5.11 Å². The van der Waals surface area contributed by atoms with Gasteiger partial charge in [0.2, 0.25) is 5.91 Å². The number of thioether (sulfide) groups is 2. The molecule has 0 spiro atoms. The Kier molecular flexibility index (Phi) is 5.60. The first-order chi connectivity index (χ1) is 12.4. The molecule has 0 saturated carbocycles. The number of aliphatic hydroxyl groups excluding tert-OH is 1. The molecule has 1 aromatic heterocycles. The molecule has 3 amide bonds. The Bertz CT molecular complexity index is 731. The van der Waals surface area contributed by atoms with E-state index >= 15 is 0 Å². The van der Waals surface area contributed by atoms with Gasteiger partial charge in [-0.2, -0.15) is 0 Å². The van der Waals surface area contributed by atoms with Crippen LogP contribution in [0.1, 0.15) is 5.01 Å². The summed E-state index contributed by atoms with van der Waals surface area (Å²) in [4.78, 5) is 37.2. The number of nitrogens with one attached hydrogen (secondary N) is 2. The number of carbonyl (C=O) groups is 3.